The van der Waals surface area contributed by atoms with Crippen LogP contribution in [0.4, 0.5) is 5.82 Å². The smallest absolute Gasteiger partial charge is 0.156 e. The lowest BCUT2D eigenvalue weighted by Crippen LogP contribution is -2.27. The normalized spacial score (nSPS) is 12.5. The van der Waals surface area contributed by atoms with Gasteiger partial charge in [-0.3, -0.25) is 4.68 Å². The average Bonchev–Trinajstić information content (AvgIpc) is 2.98. The maximum absolute atomic E-state index is 9.85. The Morgan fingerprint density at radius 2 is 1.92 bits per heavy atom. The average molecular weight is 339 g/mol. The van der Waals surface area contributed by atoms with Crippen molar-refractivity contribution >= 4 is 16.9 Å². The van der Waals surface area contributed by atoms with Gasteiger partial charge in [0.05, 0.1) is 18.3 Å². The lowest BCUT2D eigenvalue weighted by Gasteiger charge is -2.18. The third kappa shape index (κ3) is 3.64. The molecule has 0 saturated carbocycles. The fourth-order valence-electron chi connectivity index (χ4n) is 3.02. The van der Waals surface area contributed by atoms with Crippen LogP contribution >= 0.6 is 0 Å². The molecule has 0 aliphatic rings. The first kappa shape index (κ1) is 17.4. The summed E-state index contributed by atoms with van der Waals surface area (Å²) in [5, 5.41) is 17.8. The van der Waals surface area contributed by atoms with Gasteiger partial charge in [-0.2, -0.15) is 5.10 Å². The van der Waals surface area contributed by atoms with Crippen molar-refractivity contribution in [2.75, 3.05) is 11.9 Å². The lowest BCUT2D eigenvalue weighted by atomic mass is 10.1. The molecule has 0 spiro atoms. The second-order valence-electron chi connectivity index (χ2n) is 6.15. The highest BCUT2D eigenvalue weighted by molar-refractivity contribution is 5.87. The van der Waals surface area contributed by atoms with Gasteiger partial charge in [0.2, 0.25) is 0 Å². The Bertz CT molecular complexity index is 844. The maximum Gasteiger partial charge on any atom is 0.156 e. The first-order chi connectivity index (χ1) is 12.2. The molecule has 1 aromatic carbocycles. The zero-order chi connectivity index (χ0) is 17.8. The molecule has 0 radical (unpaired) electrons. The summed E-state index contributed by atoms with van der Waals surface area (Å²) in [6.07, 6.45) is 1.48. The monoisotopic (exact) mass is 339 g/mol. The van der Waals surface area contributed by atoms with Crippen LogP contribution in [0.25, 0.3) is 11.0 Å². The van der Waals surface area contributed by atoms with E-state index in [0.29, 0.717) is 0 Å². The summed E-state index contributed by atoms with van der Waals surface area (Å²) in [7, 11) is 0. The Balaban J connectivity index is 1.98. The van der Waals surface area contributed by atoms with E-state index in [2.05, 4.69) is 39.4 Å². The van der Waals surface area contributed by atoms with Crippen LogP contribution in [-0.4, -0.2) is 37.5 Å². The van der Waals surface area contributed by atoms with Crippen molar-refractivity contribution in [2.24, 2.45) is 0 Å². The molecule has 25 heavy (non-hydrogen) atoms. The van der Waals surface area contributed by atoms with Gasteiger partial charge in [0.25, 0.3) is 0 Å². The zero-order valence-electron chi connectivity index (χ0n) is 15.0. The fraction of sp³-hybridized carbons (Fsp3) is 0.421. The van der Waals surface area contributed by atoms with E-state index in [1.165, 1.54) is 5.56 Å². The molecule has 0 aliphatic carbocycles. The van der Waals surface area contributed by atoms with Crippen LogP contribution in [0.2, 0.25) is 0 Å². The molecule has 6 heteroatoms. The standard InChI is InChI=1S/C19H25N5O/c1-4-16-21-17-13(3)23-24(5-2)18(17)19(22-16)20-15(12-25)11-14-9-7-6-8-10-14/h6-10,15,25H,4-5,11-12H2,1-3H3,(H,20,21,22)/t15-/m0/s1. The summed E-state index contributed by atoms with van der Waals surface area (Å²) in [6, 6.07) is 10.0. The Hall–Kier alpha value is -2.47. The van der Waals surface area contributed by atoms with Crippen molar-refractivity contribution in [3.05, 3.63) is 47.4 Å². The van der Waals surface area contributed by atoms with Crippen LogP contribution in [0, 0.1) is 6.92 Å². The molecule has 2 N–H and O–H groups in total. The summed E-state index contributed by atoms with van der Waals surface area (Å²) < 4.78 is 1.92. The van der Waals surface area contributed by atoms with E-state index >= 15 is 0 Å². The summed E-state index contributed by atoms with van der Waals surface area (Å²) in [5.74, 6) is 1.53. The van der Waals surface area contributed by atoms with Gasteiger partial charge in [-0.15, -0.1) is 0 Å². The third-order valence-electron chi connectivity index (χ3n) is 4.30. The van der Waals surface area contributed by atoms with Crippen LogP contribution in [0.3, 0.4) is 0 Å². The van der Waals surface area contributed by atoms with Crippen molar-refractivity contribution < 1.29 is 5.11 Å². The minimum Gasteiger partial charge on any atom is -0.394 e. The molecule has 132 valence electrons. The van der Waals surface area contributed by atoms with Crippen molar-refractivity contribution in [3.8, 4) is 0 Å². The molecule has 6 nitrogen and oxygen atoms in total. The molecular weight excluding hydrogens is 314 g/mol. The molecule has 0 unspecified atom stereocenters. The van der Waals surface area contributed by atoms with Gasteiger partial charge in [0, 0.05) is 13.0 Å². The van der Waals surface area contributed by atoms with Crippen LogP contribution in [0.15, 0.2) is 30.3 Å². The van der Waals surface area contributed by atoms with Crippen molar-refractivity contribution in [1.82, 2.24) is 19.7 Å². The highest BCUT2D eigenvalue weighted by Crippen LogP contribution is 2.24. The van der Waals surface area contributed by atoms with E-state index in [1.54, 1.807) is 0 Å². The van der Waals surface area contributed by atoms with Crippen LogP contribution < -0.4 is 5.32 Å². The van der Waals surface area contributed by atoms with Gasteiger partial charge >= 0.3 is 0 Å². The first-order valence-electron chi connectivity index (χ1n) is 8.81. The molecule has 0 saturated heterocycles. The number of hydrogen-bond acceptors (Lipinski definition) is 5. The Labute approximate surface area is 147 Å². The Morgan fingerprint density at radius 3 is 2.56 bits per heavy atom. The number of aliphatic hydroxyl groups excluding tert-OH is 1. The number of nitrogens with one attached hydrogen (secondary N) is 1. The molecule has 0 bridgehead atoms. The molecule has 3 rings (SSSR count). The SMILES string of the molecule is CCc1nc(N[C@H](CO)Cc2ccccc2)c2c(n1)c(C)nn2CC. The number of rotatable bonds is 7. The second-order valence-corrected chi connectivity index (χ2v) is 6.15. The van der Waals surface area contributed by atoms with Crippen molar-refractivity contribution in [2.45, 2.75) is 46.2 Å². The largest absolute Gasteiger partial charge is 0.394 e. The molecule has 0 aliphatic heterocycles. The maximum atomic E-state index is 9.85. The number of aryl methyl sites for hydroxylation is 3. The van der Waals surface area contributed by atoms with E-state index in [9.17, 15) is 5.11 Å². The highest BCUT2D eigenvalue weighted by atomic mass is 16.3. The second kappa shape index (κ2) is 7.61. The van der Waals surface area contributed by atoms with Crippen LogP contribution in [0.1, 0.15) is 30.9 Å². The summed E-state index contributed by atoms with van der Waals surface area (Å²) in [5.41, 5.74) is 3.87. The number of fused-ring (bicyclic) bond motifs is 1. The van der Waals surface area contributed by atoms with Crippen LogP contribution in [0.5, 0.6) is 0 Å². The quantitative estimate of drug-likeness (QED) is 0.692. The minimum atomic E-state index is -0.120. The van der Waals surface area contributed by atoms with Gasteiger partial charge in [0.1, 0.15) is 16.9 Å². The summed E-state index contributed by atoms with van der Waals surface area (Å²) >= 11 is 0. The highest BCUT2D eigenvalue weighted by Gasteiger charge is 2.18. The third-order valence-corrected chi connectivity index (χ3v) is 4.30. The van der Waals surface area contributed by atoms with E-state index in [-0.39, 0.29) is 12.6 Å². The number of aromatic nitrogens is 4. The minimum absolute atomic E-state index is 0.0289. The van der Waals surface area contributed by atoms with Gasteiger partial charge in [-0.05, 0) is 25.8 Å². The number of nitrogens with zero attached hydrogens (tertiary/aromatic N) is 4. The van der Waals surface area contributed by atoms with E-state index < -0.39 is 0 Å². The van der Waals surface area contributed by atoms with Gasteiger partial charge in [-0.25, -0.2) is 9.97 Å². The Kier molecular flexibility index (Phi) is 5.28. The van der Waals surface area contributed by atoms with E-state index in [1.807, 2.05) is 36.7 Å². The number of benzene rings is 1. The molecule has 2 heterocycles. The first-order valence-corrected chi connectivity index (χ1v) is 8.81. The van der Waals surface area contributed by atoms with E-state index in [4.69, 9.17) is 0 Å². The van der Waals surface area contributed by atoms with Crippen molar-refractivity contribution in [3.63, 3.8) is 0 Å². The molecule has 0 fully saturated rings. The number of anilines is 1. The topological polar surface area (TPSA) is 75.9 Å². The fourth-order valence-corrected chi connectivity index (χ4v) is 3.02. The summed E-state index contributed by atoms with van der Waals surface area (Å²) in [6.45, 7) is 6.84. The van der Waals surface area contributed by atoms with E-state index in [0.717, 1.165) is 47.8 Å². The Morgan fingerprint density at radius 1 is 1.16 bits per heavy atom. The van der Waals surface area contributed by atoms with Gasteiger partial charge < -0.3 is 10.4 Å². The predicted octanol–water partition coefficient (Wildman–Crippen LogP) is 2.73. The van der Waals surface area contributed by atoms with Crippen molar-refractivity contribution in [1.29, 1.82) is 0 Å². The number of hydrogen-bond donors (Lipinski definition) is 2. The molecule has 1 atom stereocenters. The summed E-state index contributed by atoms with van der Waals surface area (Å²) in [4.78, 5) is 9.32. The zero-order valence-corrected chi connectivity index (χ0v) is 15.0. The number of aliphatic hydroxyl groups is 1. The molecule has 0 amide bonds. The predicted molar refractivity (Wildman–Crippen MR) is 99.8 cm³/mol. The molecular formula is C19H25N5O. The molecule has 3 aromatic rings. The lowest BCUT2D eigenvalue weighted by molar-refractivity contribution is 0.273. The van der Waals surface area contributed by atoms with Crippen LogP contribution in [-0.2, 0) is 19.4 Å². The molecule has 2 aromatic heterocycles. The van der Waals surface area contributed by atoms with Gasteiger partial charge in [-0.1, -0.05) is 37.3 Å². The van der Waals surface area contributed by atoms with Gasteiger partial charge in [0.15, 0.2) is 5.82 Å².